The zero-order valence-electron chi connectivity index (χ0n) is 21.8. The lowest BCUT2D eigenvalue weighted by Crippen LogP contribution is -1.96. The van der Waals surface area contributed by atoms with Crippen molar-refractivity contribution in [2.75, 3.05) is 0 Å². The standard InChI is InChI=1S/C35H22BrN5/c36-31-18-29(28-6-2-14-38-22-28)17-30(19-31)34-20-33(24-9-7-23(8-10-24)27-5-1-13-37-21-27)40-35(41-34)26-11-12-32-25(16-26)4-3-15-39-32/h1-22H. The highest BCUT2D eigenvalue weighted by atomic mass is 79.9. The minimum atomic E-state index is 0.655. The SMILES string of the molecule is Brc1cc(-c2cccnc2)cc(-c2cc(-c3ccc(-c4cccnc4)cc3)nc(-c3ccc4ncccc4c3)n2)c1. The van der Waals surface area contributed by atoms with Crippen LogP contribution in [0.1, 0.15) is 0 Å². The Morgan fingerprint density at radius 2 is 1.10 bits per heavy atom. The minimum Gasteiger partial charge on any atom is -0.264 e. The van der Waals surface area contributed by atoms with Crippen LogP contribution in [0.4, 0.5) is 0 Å². The van der Waals surface area contributed by atoms with Crippen LogP contribution in [0.3, 0.4) is 0 Å². The van der Waals surface area contributed by atoms with Gasteiger partial charge in [0.05, 0.1) is 16.9 Å². The molecule has 7 rings (SSSR count). The number of pyridine rings is 3. The van der Waals surface area contributed by atoms with Gasteiger partial charge in [-0.25, -0.2) is 9.97 Å². The molecule has 0 radical (unpaired) electrons. The number of hydrogen-bond acceptors (Lipinski definition) is 5. The molecule has 7 aromatic rings. The topological polar surface area (TPSA) is 64.5 Å². The van der Waals surface area contributed by atoms with E-state index in [4.69, 9.17) is 9.97 Å². The number of fused-ring (bicyclic) bond motifs is 1. The molecule has 0 saturated heterocycles. The monoisotopic (exact) mass is 591 g/mol. The average molecular weight is 593 g/mol. The molecule has 0 aliphatic rings. The lowest BCUT2D eigenvalue weighted by molar-refractivity contribution is 1.18. The molecule has 0 spiro atoms. The predicted molar refractivity (Wildman–Crippen MR) is 168 cm³/mol. The van der Waals surface area contributed by atoms with Gasteiger partial charge in [0, 0.05) is 63.1 Å². The molecule has 0 saturated carbocycles. The number of benzene rings is 3. The van der Waals surface area contributed by atoms with Gasteiger partial charge >= 0.3 is 0 Å². The second-order valence-corrected chi connectivity index (χ2v) is 10.6. The molecule has 0 aliphatic carbocycles. The summed E-state index contributed by atoms with van der Waals surface area (Å²) in [5.41, 5.74) is 9.81. The molecule has 0 amide bonds. The van der Waals surface area contributed by atoms with Gasteiger partial charge in [0.15, 0.2) is 5.82 Å². The number of halogens is 1. The van der Waals surface area contributed by atoms with Crippen LogP contribution in [0.5, 0.6) is 0 Å². The van der Waals surface area contributed by atoms with Gasteiger partial charge in [-0.3, -0.25) is 15.0 Å². The molecular formula is C35H22BrN5. The maximum absolute atomic E-state index is 5.07. The first-order chi connectivity index (χ1) is 20.2. The van der Waals surface area contributed by atoms with Crippen LogP contribution >= 0.6 is 15.9 Å². The summed E-state index contributed by atoms with van der Waals surface area (Å²) in [5.74, 6) is 0.655. The van der Waals surface area contributed by atoms with Crippen LogP contribution < -0.4 is 0 Å². The third-order valence-corrected chi connectivity index (χ3v) is 7.41. The molecule has 0 N–H and O–H groups in total. The molecule has 194 valence electrons. The van der Waals surface area contributed by atoms with Crippen molar-refractivity contribution in [1.82, 2.24) is 24.9 Å². The number of hydrogen-bond donors (Lipinski definition) is 0. The second kappa shape index (κ2) is 10.8. The fourth-order valence-corrected chi connectivity index (χ4v) is 5.38. The average Bonchev–Trinajstić information content (AvgIpc) is 3.05. The third-order valence-electron chi connectivity index (χ3n) is 6.95. The van der Waals surface area contributed by atoms with E-state index >= 15 is 0 Å². The number of rotatable bonds is 5. The Bertz CT molecular complexity index is 1990. The Labute approximate surface area is 245 Å². The molecule has 41 heavy (non-hydrogen) atoms. The van der Waals surface area contributed by atoms with Crippen molar-refractivity contribution in [2.24, 2.45) is 0 Å². The Hall–Kier alpha value is -5.07. The van der Waals surface area contributed by atoms with Crippen LogP contribution in [0.2, 0.25) is 0 Å². The fourth-order valence-electron chi connectivity index (χ4n) is 4.89. The van der Waals surface area contributed by atoms with Crippen LogP contribution in [-0.2, 0) is 0 Å². The van der Waals surface area contributed by atoms with Gasteiger partial charge in [-0.2, -0.15) is 0 Å². The van der Waals surface area contributed by atoms with Crippen molar-refractivity contribution in [1.29, 1.82) is 0 Å². The van der Waals surface area contributed by atoms with Crippen molar-refractivity contribution in [3.05, 3.63) is 139 Å². The van der Waals surface area contributed by atoms with E-state index < -0.39 is 0 Å². The summed E-state index contributed by atoms with van der Waals surface area (Å²) in [7, 11) is 0. The maximum Gasteiger partial charge on any atom is 0.160 e. The largest absolute Gasteiger partial charge is 0.264 e. The fraction of sp³-hybridized carbons (Fsp3) is 0. The molecule has 0 bridgehead atoms. The van der Waals surface area contributed by atoms with E-state index in [1.165, 1.54) is 0 Å². The van der Waals surface area contributed by atoms with Crippen LogP contribution in [-0.4, -0.2) is 24.9 Å². The zero-order valence-corrected chi connectivity index (χ0v) is 23.4. The van der Waals surface area contributed by atoms with E-state index in [0.717, 1.165) is 65.7 Å². The van der Waals surface area contributed by atoms with E-state index in [2.05, 4.69) is 104 Å². The minimum absolute atomic E-state index is 0.655. The Morgan fingerprint density at radius 1 is 0.463 bits per heavy atom. The summed E-state index contributed by atoms with van der Waals surface area (Å²) < 4.78 is 0.966. The zero-order chi connectivity index (χ0) is 27.6. The lowest BCUT2D eigenvalue weighted by atomic mass is 10.0. The van der Waals surface area contributed by atoms with Gasteiger partial charge in [-0.15, -0.1) is 0 Å². The van der Waals surface area contributed by atoms with Crippen LogP contribution in [0, 0.1) is 0 Å². The molecule has 0 atom stereocenters. The van der Waals surface area contributed by atoms with Gasteiger partial charge in [-0.1, -0.05) is 58.4 Å². The molecule has 3 aromatic carbocycles. The molecule has 0 unspecified atom stereocenters. The molecular weight excluding hydrogens is 570 g/mol. The lowest BCUT2D eigenvalue weighted by Gasteiger charge is -2.12. The van der Waals surface area contributed by atoms with E-state index in [-0.39, 0.29) is 0 Å². The van der Waals surface area contributed by atoms with E-state index in [0.29, 0.717) is 5.82 Å². The molecule has 6 heteroatoms. The van der Waals surface area contributed by atoms with Crippen molar-refractivity contribution in [3.63, 3.8) is 0 Å². The highest BCUT2D eigenvalue weighted by Crippen LogP contribution is 2.33. The van der Waals surface area contributed by atoms with Crippen LogP contribution in [0.15, 0.2) is 139 Å². The highest BCUT2D eigenvalue weighted by Gasteiger charge is 2.13. The van der Waals surface area contributed by atoms with Gasteiger partial charge in [-0.05, 0) is 77.4 Å². The van der Waals surface area contributed by atoms with Gasteiger partial charge in [0.1, 0.15) is 0 Å². The first-order valence-electron chi connectivity index (χ1n) is 13.2. The van der Waals surface area contributed by atoms with Crippen molar-refractivity contribution < 1.29 is 0 Å². The first-order valence-corrected chi connectivity index (χ1v) is 14.0. The third kappa shape index (κ3) is 5.25. The van der Waals surface area contributed by atoms with Gasteiger partial charge in [0.2, 0.25) is 0 Å². The molecule has 5 nitrogen and oxygen atoms in total. The first kappa shape index (κ1) is 24.9. The summed E-state index contributed by atoms with van der Waals surface area (Å²) in [6.45, 7) is 0. The number of nitrogens with zero attached hydrogens (tertiary/aromatic N) is 5. The maximum atomic E-state index is 5.07. The van der Waals surface area contributed by atoms with E-state index in [1.807, 2.05) is 42.7 Å². The summed E-state index contributed by atoms with van der Waals surface area (Å²) in [5, 5.41) is 1.04. The molecule has 0 aliphatic heterocycles. The highest BCUT2D eigenvalue weighted by molar-refractivity contribution is 9.10. The predicted octanol–water partition coefficient (Wildman–Crippen LogP) is 8.91. The summed E-state index contributed by atoms with van der Waals surface area (Å²) >= 11 is 3.72. The van der Waals surface area contributed by atoms with E-state index in [9.17, 15) is 0 Å². The molecule has 4 aromatic heterocycles. The van der Waals surface area contributed by atoms with Gasteiger partial charge < -0.3 is 0 Å². The Balaban J connectivity index is 1.38. The van der Waals surface area contributed by atoms with Crippen molar-refractivity contribution in [2.45, 2.75) is 0 Å². The van der Waals surface area contributed by atoms with E-state index in [1.54, 1.807) is 18.6 Å². The van der Waals surface area contributed by atoms with Gasteiger partial charge in [0.25, 0.3) is 0 Å². The Morgan fingerprint density at radius 3 is 1.83 bits per heavy atom. The second-order valence-electron chi connectivity index (χ2n) is 9.66. The van der Waals surface area contributed by atoms with Crippen LogP contribution in [0.25, 0.3) is 67.1 Å². The van der Waals surface area contributed by atoms with Crippen molar-refractivity contribution >= 4 is 26.8 Å². The van der Waals surface area contributed by atoms with Crippen molar-refractivity contribution in [3.8, 4) is 56.2 Å². The molecule has 0 fully saturated rings. The summed E-state index contributed by atoms with van der Waals surface area (Å²) in [4.78, 5) is 23.2. The smallest absolute Gasteiger partial charge is 0.160 e. The normalized spacial score (nSPS) is 11.0. The number of aromatic nitrogens is 5. The molecule has 4 heterocycles. The Kier molecular flexibility index (Phi) is 6.59. The summed E-state index contributed by atoms with van der Waals surface area (Å²) in [6.07, 6.45) is 9.11. The quantitative estimate of drug-likeness (QED) is 0.200. The summed E-state index contributed by atoms with van der Waals surface area (Å²) in [6, 6.07) is 35.0.